The van der Waals surface area contributed by atoms with Crippen LogP contribution < -0.4 is 0 Å². The molecular formula is C6H3Br2F3S. The Kier molecular flexibility index (Phi) is 3.22. The lowest BCUT2D eigenvalue weighted by molar-refractivity contribution is -0.137. The molecule has 0 radical (unpaired) electrons. The Labute approximate surface area is 88.0 Å². The van der Waals surface area contributed by atoms with E-state index < -0.39 is 11.7 Å². The van der Waals surface area contributed by atoms with Gasteiger partial charge in [-0.25, -0.2) is 0 Å². The Morgan fingerprint density at radius 1 is 1.42 bits per heavy atom. The lowest BCUT2D eigenvalue weighted by Crippen LogP contribution is -2.03. The number of hydrogen-bond donors (Lipinski definition) is 0. The van der Waals surface area contributed by atoms with Crippen LogP contribution >= 0.6 is 43.2 Å². The highest BCUT2D eigenvalue weighted by Gasteiger charge is 2.34. The van der Waals surface area contributed by atoms with E-state index in [9.17, 15) is 13.2 Å². The van der Waals surface area contributed by atoms with Gasteiger partial charge in [-0.2, -0.15) is 13.2 Å². The van der Waals surface area contributed by atoms with Gasteiger partial charge < -0.3 is 0 Å². The van der Waals surface area contributed by atoms with E-state index >= 15 is 0 Å². The Morgan fingerprint density at radius 3 is 2.25 bits per heavy atom. The van der Waals surface area contributed by atoms with Gasteiger partial charge in [0.2, 0.25) is 0 Å². The van der Waals surface area contributed by atoms with Crippen molar-refractivity contribution in [2.75, 3.05) is 0 Å². The van der Waals surface area contributed by atoms with Gasteiger partial charge >= 0.3 is 6.18 Å². The van der Waals surface area contributed by atoms with E-state index in [1.807, 2.05) is 0 Å². The molecule has 0 N–H and O–H groups in total. The van der Waals surface area contributed by atoms with Gasteiger partial charge in [0.15, 0.2) is 0 Å². The molecule has 0 aliphatic rings. The first-order chi connectivity index (χ1) is 5.46. The molecule has 12 heavy (non-hydrogen) atoms. The second kappa shape index (κ2) is 3.67. The van der Waals surface area contributed by atoms with E-state index in [0.29, 0.717) is 10.2 Å². The maximum absolute atomic E-state index is 12.2. The fourth-order valence-corrected chi connectivity index (χ4v) is 3.42. The molecule has 0 aliphatic carbocycles. The van der Waals surface area contributed by atoms with Crippen LogP contribution in [0.3, 0.4) is 0 Å². The van der Waals surface area contributed by atoms with Gasteiger partial charge in [0.1, 0.15) is 0 Å². The molecule has 0 saturated heterocycles. The van der Waals surface area contributed by atoms with Gasteiger partial charge in [0, 0.05) is 20.1 Å². The van der Waals surface area contributed by atoms with Crippen LogP contribution in [0.25, 0.3) is 0 Å². The van der Waals surface area contributed by atoms with Crippen molar-refractivity contribution in [3.05, 3.63) is 20.3 Å². The summed E-state index contributed by atoms with van der Waals surface area (Å²) in [6.07, 6.45) is -4.25. The Hall–Kier alpha value is 0.450. The first-order valence-electron chi connectivity index (χ1n) is 2.86. The SMILES string of the molecule is FC(F)(F)c1csc(CBr)c1Br. The average Bonchev–Trinajstić information content (AvgIpc) is 2.29. The summed E-state index contributed by atoms with van der Waals surface area (Å²) in [6, 6.07) is 0. The van der Waals surface area contributed by atoms with Crippen molar-refractivity contribution in [2.24, 2.45) is 0 Å². The molecule has 0 bridgehead atoms. The van der Waals surface area contributed by atoms with Crippen molar-refractivity contribution in [3.63, 3.8) is 0 Å². The van der Waals surface area contributed by atoms with Crippen LogP contribution in [0.4, 0.5) is 13.2 Å². The van der Waals surface area contributed by atoms with Crippen LogP contribution in [0.15, 0.2) is 9.85 Å². The molecule has 0 fully saturated rings. The van der Waals surface area contributed by atoms with Crippen molar-refractivity contribution in [1.29, 1.82) is 0 Å². The molecule has 68 valence electrons. The molecule has 1 aromatic rings. The largest absolute Gasteiger partial charge is 0.418 e. The molecule has 0 saturated carbocycles. The number of alkyl halides is 4. The summed E-state index contributed by atoms with van der Waals surface area (Å²) in [5.74, 6) is 0. The minimum atomic E-state index is -4.25. The smallest absolute Gasteiger partial charge is 0.166 e. The fourth-order valence-electron chi connectivity index (χ4n) is 0.665. The highest BCUT2D eigenvalue weighted by molar-refractivity contribution is 9.11. The van der Waals surface area contributed by atoms with Crippen LogP contribution in [0.2, 0.25) is 0 Å². The van der Waals surface area contributed by atoms with Gasteiger partial charge in [-0.15, -0.1) is 11.3 Å². The van der Waals surface area contributed by atoms with Crippen molar-refractivity contribution >= 4 is 43.2 Å². The summed E-state index contributed by atoms with van der Waals surface area (Å²) in [5.41, 5.74) is -0.595. The molecule has 1 aromatic heterocycles. The summed E-state index contributed by atoms with van der Waals surface area (Å²) < 4.78 is 36.6. The molecule has 1 rings (SSSR count). The summed E-state index contributed by atoms with van der Waals surface area (Å²) in [5, 5.41) is 1.55. The standard InChI is InChI=1S/C6H3Br2F3S/c7-1-4-5(8)3(2-12-4)6(9,10)11/h2H,1H2. The average molecular weight is 324 g/mol. The van der Waals surface area contributed by atoms with Crippen LogP contribution in [0, 0.1) is 0 Å². The maximum Gasteiger partial charge on any atom is 0.418 e. The van der Waals surface area contributed by atoms with Crippen molar-refractivity contribution in [1.82, 2.24) is 0 Å². The normalized spacial score (nSPS) is 12.1. The molecule has 0 spiro atoms. The highest BCUT2D eigenvalue weighted by atomic mass is 79.9. The second-order valence-electron chi connectivity index (χ2n) is 2.02. The van der Waals surface area contributed by atoms with Crippen LogP contribution in [-0.4, -0.2) is 0 Å². The zero-order valence-electron chi connectivity index (χ0n) is 5.58. The zero-order valence-corrected chi connectivity index (χ0v) is 9.57. The molecule has 0 amide bonds. The Balaban J connectivity index is 3.11. The third-order valence-corrected chi connectivity index (χ3v) is 4.31. The van der Waals surface area contributed by atoms with Gasteiger partial charge in [-0.3, -0.25) is 0 Å². The van der Waals surface area contributed by atoms with Gasteiger partial charge in [0.05, 0.1) is 5.56 Å². The molecule has 0 unspecified atom stereocenters. The topological polar surface area (TPSA) is 0 Å². The Morgan fingerprint density at radius 2 is 2.00 bits per heavy atom. The molecule has 0 aromatic carbocycles. The maximum atomic E-state index is 12.2. The van der Waals surface area contributed by atoms with E-state index in [-0.39, 0.29) is 4.47 Å². The molecular weight excluding hydrogens is 321 g/mol. The van der Waals surface area contributed by atoms with E-state index in [0.717, 1.165) is 16.7 Å². The fraction of sp³-hybridized carbons (Fsp3) is 0.333. The Bertz CT molecular complexity index is 279. The molecule has 1 heterocycles. The number of hydrogen-bond acceptors (Lipinski definition) is 1. The van der Waals surface area contributed by atoms with Crippen LogP contribution in [-0.2, 0) is 11.5 Å². The van der Waals surface area contributed by atoms with Crippen molar-refractivity contribution < 1.29 is 13.2 Å². The molecule has 0 atom stereocenters. The van der Waals surface area contributed by atoms with E-state index in [4.69, 9.17) is 0 Å². The van der Waals surface area contributed by atoms with E-state index in [1.54, 1.807) is 0 Å². The van der Waals surface area contributed by atoms with E-state index in [2.05, 4.69) is 31.9 Å². The minimum absolute atomic E-state index is 0.150. The van der Waals surface area contributed by atoms with Gasteiger partial charge in [0.25, 0.3) is 0 Å². The quantitative estimate of drug-likeness (QED) is 0.671. The lowest BCUT2D eigenvalue weighted by atomic mass is 10.3. The first kappa shape index (κ1) is 10.5. The molecule has 0 aliphatic heterocycles. The lowest BCUT2D eigenvalue weighted by Gasteiger charge is -2.03. The van der Waals surface area contributed by atoms with Gasteiger partial charge in [-0.05, 0) is 15.9 Å². The summed E-state index contributed by atoms with van der Waals surface area (Å²) in [4.78, 5) is 0.655. The molecule has 0 nitrogen and oxygen atoms in total. The predicted molar refractivity (Wildman–Crippen MR) is 49.7 cm³/mol. The number of thiophene rings is 1. The van der Waals surface area contributed by atoms with Crippen LogP contribution in [0.1, 0.15) is 10.4 Å². The third-order valence-electron chi connectivity index (χ3n) is 1.23. The number of rotatable bonds is 1. The minimum Gasteiger partial charge on any atom is -0.166 e. The second-order valence-corrected chi connectivity index (χ2v) is 4.34. The van der Waals surface area contributed by atoms with Gasteiger partial charge in [-0.1, -0.05) is 15.9 Å². The summed E-state index contributed by atoms with van der Waals surface area (Å²) in [6.45, 7) is 0. The highest BCUT2D eigenvalue weighted by Crippen LogP contribution is 2.40. The molecule has 6 heteroatoms. The third kappa shape index (κ3) is 2.03. The van der Waals surface area contributed by atoms with Crippen LogP contribution in [0.5, 0.6) is 0 Å². The van der Waals surface area contributed by atoms with Crippen molar-refractivity contribution in [2.45, 2.75) is 11.5 Å². The summed E-state index contributed by atoms with van der Waals surface area (Å²) in [7, 11) is 0. The summed E-state index contributed by atoms with van der Waals surface area (Å²) >= 11 is 7.10. The zero-order chi connectivity index (χ0) is 9.35. The number of halogens is 5. The van der Waals surface area contributed by atoms with E-state index in [1.165, 1.54) is 0 Å². The first-order valence-corrected chi connectivity index (χ1v) is 5.65. The predicted octanol–water partition coefficient (Wildman–Crippen LogP) is 4.42. The van der Waals surface area contributed by atoms with Crippen molar-refractivity contribution in [3.8, 4) is 0 Å². The monoisotopic (exact) mass is 322 g/mol.